The minimum absolute atomic E-state index is 0.331. The summed E-state index contributed by atoms with van der Waals surface area (Å²) >= 11 is 5.80. The maximum atomic E-state index is 13.1. The Morgan fingerprint density at radius 1 is 1.11 bits per heavy atom. The summed E-state index contributed by atoms with van der Waals surface area (Å²) in [6, 6.07) is 13.7. The fraction of sp³-hybridized carbons (Fsp3) is 0.133. The Kier molecular flexibility index (Phi) is 4.51. The molecule has 0 aliphatic carbocycles. The number of nitriles is 1. The average molecular weight is 275 g/mol. The number of rotatable bonds is 4. The summed E-state index contributed by atoms with van der Waals surface area (Å²) in [5, 5.41) is 12.8. The van der Waals surface area contributed by atoms with Gasteiger partial charge in [0, 0.05) is 18.1 Å². The summed E-state index contributed by atoms with van der Waals surface area (Å²) in [5.41, 5.74) is 2.24. The van der Waals surface area contributed by atoms with Crippen molar-refractivity contribution >= 4 is 11.6 Å². The highest BCUT2D eigenvalue weighted by molar-refractivity contribution is 6.30. The Labute approximate surface area is 116 Å². The standard InChI is InChI=1S/C15H12ClFN2/c16-14-4-1-11(2-5-14)9-19-10-13-7-15(17)6-3-12(13)8-18/h1-7,19H,9-10H2. The quantitative estimate of drug-likeness (QED) is 0.924. The van der Waals surface area contributed by atoms with Crippen molar-refractivity contribution in [3.05, 3.63) is 70.0 Å². The third-order valence-corrected chi connectivity index (χ3v) is 3.00. The highest BCUT2D eigenvalue weighted by Gasteiger charge is 2.03. The predicted octanol–water partition coefficient (Wildman–Crippen LogP) is 3.64. The minimum atomic E-state index is -0.331. The Morgan fingerprint density at radius 2 is 1.84 bits per heavy atom. The first-order chi connectivity index (χ1) is 9.19. The van der Waals surface area contributed by atoms with Gasteiger partial charge in [-0.1, -0.05) is 23.7 Å². The van der Waals surface area contributed by atoms with Gasteiger partial charge in [0.15, 0.2) is 0 Å². The molecule has 0 unspecified atom stereocenters. The molecular formula is C15H12ClFN2. The molecular weight excluding hydrogens is 263 g/mol. The van der Waals surface area contributed by atoms with E-state index in [1.54, 1.807) is 0 Å². The monoisotopic (exact) mass is 274 g/mol. The lowest BCUT2D eigenvalue weighted by atomic mass is 10.1. The van der Waals surface area contributed by atoms with E-state index >= 15 is 0 Å². The van der Waals surface area contributed by atoms with E-state index in [9.17, 15) is 4.39 Å². The van der Waals surface area contributed by atoms with Crippen LogP contribution in [0.25, 0.3) is 0 Å². The second-order valence-corrected chi connectivity index (χ2v) is 4.58. The van der Waals surface area contributed by atoms with Gasteiger partial charge in [-0.2, -0.15) is 5.26 Å². The molecule has 0 saturated heterocycles. The molecule has 0 aliphatic rings. The maximum Gasteiger partial charge on any atom is 0.123 e. The Morgan fingerprint density at radius 3 is 2.53 bits per heavy atom. The molecule has 0 fully saturated rings. The summed E-state index contributed by atoms with van der Waals surface area (Å²) in [5.74, 6) is -0.331. The molecule has 0 spiro atoms. The third-order valence-electron chi connectivity index (χ3n) is 2.75. The van der Waals surface area contributed by atoms with Gasteiger partial charge in [0.1, 0.15) is 5.82 Å². The summed E-state index contributed by atoms with van der Waals surface area (Å²) in [6.45, 7) is 1.09. The molecule has 0 radical (unpaired) electrons. The van der Waals surface area contributed by atoms with Crippen LogP contribution in [0.3, 0.4) is 0 Å². The van der Waals surface area contributed by atoms with Crippen LogP contribution in [0.15, 0.2) is 42.5 Å². The first-order valence-corrected chi connectivity index (χ1v) is 6.20. The maximum absolute atomic E-state index is 13.1. The zero-order valence-electron chi connectivity index (χ0n) is 10.2. The number of nitrogens with one attached hydrogen (secondary N) is 1. The fourth-order valence-electron chi connectivity index (χ4n) is 1.76. The van der Waals surface area contributed by atoms with Crippen molar-refractivity contribution < 1.29 is 4.39 Å². The average Bonchev–Trinajstić information content (AvgIpc) is 2.41. The van der Waals surface area contributed by atoms with E-state index in [0.717, 1.165) is 5.56 Å². The van der Waals surface area contributed by atoms with Crippen LogP contribution < -0.4 is 5.32 Å². The SMILES string of the molecule is N#Cc1ccc(F)cc1CNCc1ccc(Cl)cc1. The minimum Gasteiger partial charge on any atom is -0.309 e. The van der Waals surface area contributed by atoms with Gasteiger partial charge in [0.05, 0.1) is 11.6 Å². The van der Waals surface area contributed by atoms with Crippen LogP contribution in [0.5, 0.6) is 0 Å². The van der Waals surface area contributed by atoms with Gasteiger partial charge in [-0.15, -0.1) is 0 Å². The molecule has 2 nitrogen and oxygen atoms in total. The fourth-order valence-corrected chi connectivity index (χ4v) is 1.89. The lowest BCUT2D eigenvalue weighted by Gasteiger charge is -2.07. The molecule has 0 atom stereocenters. The lowest BCUT2D eigenvalue weighted by molar-refractivity contribution is 0.619. The van der Waals surface area contributed by atoms with Crippen molar-refractivity contribution in [2.75, 3.05) is 0 Å². The van der Waals surface area contributed by atoms with E-state index in [0.29, 0.717) is 29.2 Å². The number of nitrogens with zero attached hydrogens (tertiary/aromatic N) is 1. The van der Waals surface area contributed by atoms with Crippen LogP contribution in [0.1, 0.15) is 16.7 Å². The lowest BCUT2D eigenvalue weighted by Crippen LogP contribution is -2.13. The number of hydrogen-bond acceptors (Lipinski definition) is 2. The summed E-state index contributed by atoms with van der Waals surface area (Å²) in [7, 11) is 0. The predicted molar refractivity (Wildman–Crippen MR) is 73.1 cm³/mol. The molecule has 0 aliphatic heterocycles. The molecule has 1 N–H and O–H groups in total. The zero-order valence-corrected chi connectivity index (χ0v) is 10.9. The first-order valence-electron chi connectivity index (χ1n) is 5.83. The molecule has 96 valence electrons. The van der Waals surface area contributed by atoms with Gasteiger partial charge < -0.3 is 5.32 Å². The van der Waals surface area contributed by atoms with E-state index in [4.69, 9.17) is 16.9 Å². The van der Waals surface area contributed by atoms with Gasteiger partial charge >= 0.3 is 0 Å². The normalized spacial score (nSPS) is 10.2. The smallest absolute Gasteiger partial charge is 0.123 e. The Hall–Kier alpha value is -1.89. The first kappa shape index (κ1) is 13.5. The summed E-state index contributed by atoms with van der Waals surface area (Å²) < 4.78 is 13.1. The van der Waals surface area contributed by atoms with Crippen LogP contribution in [0.2, 0.25) is 5.02 Å². The molecule has 0 bridgehead atoms. The van der Waals surface area contributed by atoms with E-state index in [1.165, 1.54) is 18.2 Å². The van der Waals surface area contributed by atoms with E-state index in [-0.39, 0.29) is 5.82 Å². The van der Waals surface area contributed by atoms with Crippen molar-refractivity contribution in [3.63, 3.8) is 0 Å². The van der Waals surface area contributed by atoms with Crippen LogP contribution in [-0.2, 0) is 13.1 Å². The van der Waals surface area contributed by atoms with Crippen LogP contribution >= 0.6 is 11.6 Å². The number of hydrogen-bond donors (Lipinski definition) is 1. The molecule has 2 aromatic rings. The van der Waals surface area contributed by atoms with E-state index in [1.807, 2.05) is 24.3 Å². The molecule has 2 rings (SSSR count). The summed E-state index contributed by atoms with van der Waals surface area (Å²) in [4.78, 5) is 0. The highest BCUT2D eigenvalue weighted by Crippen LogP contribution is 2.12. The van der Waals surface area contributed by atoms with Gasteiger partial charge in [0.25, 0.3) is 0 Å². The van der Waals surface area contributed by atoms with E-state index in [2.05, 4.69) is 11.4 Å². The Bertz CT molecular complexity index is 603. The van der Waals surface area contributed by atoms with Gasteiger partial charge in [0.2, 0.25) is 0 Å². The molecule has 0 heterocycles. The van der Waals surface area contributed by atoms with Gasteiger partial charge in [-0.05, 0) is 41.5 Å². The van der Waals surface area contributed by atoms with Crippen LogP contribution in [0, 0.1) is 17.1 Å². The molecule has 0 amide bonds. The van der Waals surface area contributed by atoms with Crippen molar-refractivity contribution in [2.45, 2.75) is 13.1 Å². The second-order valence-electron chi connectivity index (χ2n) is 4.14. The highest BCUT2D eigenvalue weighted by atomic mass is 35.5. The topological polar surface area (TPSA) is 35.8 Å². The number of benzene rings is 2. The summed E-state index contributed by atoms with van der Waals surface area (Å²) in [6.07, 6.45) is 0. The van der Waals surface area contributed by atoms with Crippen LogP contribution in [0.4, 0.5) is 4.39 Å². The molecule has 2 aromatic carbocycles. The van der Waals surface area contributed by atoms with Gasteiger partial charge in [-0.25, -0.2) is 4.39 Å². The van der Waals surface area contributed by atoms with Crippen molar-refractivity contribution in [3.8, 4) is 6.07 Å². The van der Waals surface area contributed by atoms with Crippen molar-refractivity contribution in [1.82, 2.24) is 5.32 Å². The zero-order chi connectivity index (χ0) is 13.7. The molecule has 19 heavy (non-hydrogen) atoms. The Balaban J connectivity index is 1.98. The second kappa shape index (κ2) is 6.33. The number of halogens is 2. The molecule has 0 saturated carbocycles. The molecule has 4 heteroatoms. The third kappa shape index (κ3) is 3.78. The van der Waals surface area contributed by atoms with Crippen LogP contribution in [-0.4, -0.2) is 0 Å². The van der Waals surface area contributed by atoms with Gasteiger partial charge in [-0.3, -0.25) is 0 Å². The van der Waals surface area contributed by atoms with Crippen molar-refractivity contribution in [1.29, 1.82) is 5.26 Å². The van der Waals surface area contributed by atoms with E-state index < -0.39 is 0 Å². The van der Waals surface area contributed by atoms with Crippen molar-refractivity contribution in [2.24, 2.45) is 0 Å². The largest absolute Gasteiger partial charge is 0.309 e. The molecule has 0 aromatic heterocycles.